The number of carbonyl (C=O) groups is 2. The van der Waals surface area contributed by atoms with Crippen molar-refractivity contribution in [1.82, 2.24) is 24.9 Å². The molecule has 1 aromatic carbocycles. The van der Waals surface area contributed by atoms with E-state index in [1.165, 1.54) is 10.5 Å². The van der Waals surface area contributed by atoms with Crippen LogP contribution >= 0.6 is 0 Å². The third-order valence-corrected chi connectivity index (χ3v) is 6.49. The molecule has 1 saturated heterocycles. The molecule has 1 aliphatic heterocycles. The van der Waals surface area contributed by atoms with Crippen molar-refractivity contribution >= 4 is 11.9 Å². The van der Waals surface area contributed by atoms with Crippen molar-refractivity contribution in [1.29, 1.82) is 0 Å². The van der Waals surface area contributed by atoms with Gasteiger partial charge in [-0.1, -0.05) is 43.7 Å². The van der Waals surface area contributed by atoms with E-state index in [9.17, 15) is 9.59 Å². The highest BCUT2D eigenvalue weighted by Gasteiger charge is 2.52. The fourth-order valence-electron chi connectivity index (χ4n) is 4.67. The van der Waals surface area contributed by atoms with Gasteiger partial charge < -0.3 is 5.32 Å². The molecule has 1 saturated carbocycles. The smallest absolute Gasteiger partial charge is 0.323 e. The standard InChI is InChI=1S/C23H31N5O2/c1-3-18-9-11-23(12-10-18)21(29)28(22(30)25-23)17-26(2)14-20-13-24-27(16-20)15-19-7-5-4-6-8-19/h4-8,13,16,18H,3,9-12,14-15,17H2,1-2H3,(H,25,30). The summed E-state index contributed by atoms with van der Waals surface area (Å²) in [6.45, 7) is 3.82. The minimum absolute atomic E-state index is 0.0614. The van der Waals surface area contributed by atoms with E-state index in [1.807, 2.05) is 47.2 Å². The Kier molecular flexibility index (Phi) is 5.90. The molecule has 1 aromatic heterocycles. The van der Waals surface area contributed by atoms with Crippen molar-refractivity contribution in [2.24, 2.45) is 5.92 Å². The number of imide groups is 1. The molecule has 0 radical (unpaired) electrons. The molecule has 1 N–H and O–H groups in total. The molecule has 0 unspecified atom stereocenters. The van der Waals surface area contributed by atoms with Crippen LogP contribution in [0.25, 0.3) is 0 Å². The molecule has 2 aliphatic rings. The summed E-state index contributed by atoms with van der Waals surface area (Å²) in [5.74, 6) is 0.609. The highest BCUT2D eigenvalue weighted by Crippen LogP contribution is 2.37. The van der Waals surface area contributed by atoms with Crippen LogP contribution in [0.5, 0.6) is 0 Å². The van der Waals surface area contributed by atoms with Crippen LogP contribution in [0.2, 0.25) is 0 Å². The molecule has 1 spiro atoms. The van der Waals surface area contributed by atoms with E-state index < -0.39 is 5.54 Å². The first-order valence-corrected chi connectivity index (χ1v) is 10.9. The fourth-order valence-corrected chi connectivity index (χ4v) is 4.67. The van der Waals surface area contributed by atoms with Crippen LogP contribution in [0.1, 0.15) is 50.2 Å². The maximum absolute atomic E-state index is 13.1. The summed E-state index contributed by atoms with van der Waals surface area (Å²) >= 11 is 0. The summed E-state index contributed by atoms with van der Waals surface area (Å²) in [6, 6.07) is 9.94. The van der Waals surface area contributed by atoms with Gasteiger partial charge in [-0.3, -0.25) is 14.4 Å². The van der Waals surface area contributed by atoms with Crippen molar-refractivity contribution < 1.29 is 9.59 Å². The highest BCUT2D eigenvalue weighted by atomic mass is 16.2. The average Bonchev–Trinajstić information content (AvgIpc) is 3.27. The van der Waals surface area contributed by atoms with E-state index in [0.717, 1.165) is 44.2 Å². The molecule has 0 atom stereocenters. The largest absolute Gasteiger partial charge is 0.326 e. The van der Waals surface area contributed by atoms with Gasteiger partial charge in [0, 0.05) is 18.3 Å². The minimum atomic E-state index is -0.676. The predicted molar refractivity (Wildman–Crippen MR) is 114 cm³/mol. The number of aromatic nitrogens is 2. The number of amides is 3. The van der Waals surface area contributed by atoms with E-state index in [1.54, 1.807) is 0 Å². The Hall–Kier alpha value is -2.67. The lowest BCUT2D eigenvalue weighted by molar-refractivity contribution is -0.134. The number of nitrogens with one attached hydrogen (secondary N) is 1. The number of rotatable bonds is 7. The highest BCUT2D eigenvalue weighted by molar-refractivity contribution is 6.07. The zero-order valence-electron chi connectivity index (χ0n) is 17.9. The van der Waals surface area contributed by atoms with Crippen LogP contribution in [0.3, 0.4) is 0 Å². The number of hydrogen-bond donors (Lipinski definition) is 1. The van der Waals surface area contributed by atoms with Crippen LogP contribution < -0.4 is 5.32 Å². The molecule has 0 bridgehead atoms. The molecule has 2 heterocycles. The first kappa shape index (κ1) is 20.6. The molecule has 160 valence electrons. The first-order valence-electron chi connectivity index (χ1n) is 10.9. The van der Waals surface area contributed by atoms with E-state index in [2.05, 4.69) is 29.5 Å². The molecule has 2 aromatic rings. The van der Waals surface area contributed by atoms with Crippen LogP contribution in [-0.4, -0.2) is 50.8 Å². The Morgan fingerprint density at radius 3 is 2.60 bits per heavy atom. The molecule has 30 heavy (non-hydrogen) atoms. The van der Waals surface area contributed by atoms with Gasteiger partial charge in [0.1, 0.15) is 5.54 Å². The Balaban J connectivity index is 1.33. The van der Waals surface area contributed by atoms with E-state index >= 15 is 0 Å². The van der Waals surface area contributed by atoms with Crippen molar-refractivity contribution in [3.63, 3.8) is 0 Å². The summed E-state index contributed by atoms with van der Waals surface area (Å²) in [6.07, 6.45) is 8.52. The summed E-state index contributed by atoms with van der Waals surface area (Å²) < 4.78 is 1.91. The normalized spacial score (nSPS) is 24.1. The lowest BCUT2D eigenvalue weighted by Crippen LogP contribution is -2.50. The summed E-state index contributed by atoms with van der Waals surface area (Å²) in [4.78, 5) is 29.0. The molecular weight excluding hydrogens is 378 g/mol. The second kappa shape index (κ2) is 8.60. The van der Waals surface area contributed by atoms with Crippen LogP contribution in [0.4, 0.5) is 4.79 Å². The molecule has 7 heteroatoms. The second-order valence-corrected chi connectivity index (χ2v) is 8.78. The zero-order valence-corrected chi connectivity index (χ0v) is 17.9. The zero-order chi connectivity index (χ0) is 21.1. The van der Waals surface area contributed by atoms with Crippen molar-refractivity contribution in [2.75, 3.05) is 13.7 Å². The third-order valence-electron chi connectivity index (χ3n) is 6.49. The average molecular weight is 410 g/mol. The molecule has 2 fully saturated rings. The quantitative estimate of drug-likeness (QED) is 0.713. The van der Waals surface area contributed by atoms with Crippen LogP contribution in [0.15, 0.2) is 42.7 Å². The topological polar surface area (TPSA) is 70.5 Å². The van der Waals surface area contributed by atoms with E-state index in [0.29, 0.717) is 12.5 Å². The summed E-state index contributed by atoms with van der Waals surface area (Å²) in [7, 11) is 1.92. The number of hydrogen-bond acceptors (Lipinski definition) is 4. The van der Waals surface area contributed by atoms with Gasteiger partial charge in [0.25, 0.3) is 5.91 Å². The fraction of sp³-hybridized carbons (Fsp3) is 0.522. The van der Waals surface area contributed by atoms with Gasteiger partial charge in [0.2, 0.25) is 0 Å². The number of carbonyl (C=O) groups excluding carboxylic acids is 2. The monoisotopic (exact) mass is 409 g/mol. The van der Waals surface area contributed by atoms with Gasteiger partial charge in [0.05, 0.1) is 19.4 Å². The van der Waals surface area contributed by atoms with Gasteiger partial charge in [-0.2, -0.15) is 5.10 Å². The predicted octanol–water partition coefficient (Wildman–Crippen LogP) is 3.21. The maximum atomic E-state index is 13.1. The molecule has 7 nitrogen and oxygen atoms in total. The molecular formula is C23H31N5O2. The van der Waals surface area contributed by atoms with E-state index in [-0.39, 0.29) is 18.6 Å². The van der Waals surface area contributed by atoms with E-state index in [4.69, 9.17) is 0 Å². The van der Waals surface area contributed by atoms with Crippen molar-refractivity contribution in [3.8, 4) is 0 Å². The Morgan fingerprint density at radius 2 is 1.90 bits per heavy atom. The number of benzene rings is 1. The Bertz CT molecular complexity index is 886. The van der Waals surface area contributed by atoms with Crippen molar-refractivity contribution in [2.45, 2.75) is 57.7 Å². The third kappa shape index (κ3) is 4.26. The lowest BCUT2D eigenvalue weighted by atomic mass is 9.75. The lowest BCUT2D eigenvalue weighted by Gasteiger charge is -2.34. The first-order chi connectivity index (χ1) is 14.5. The number of urea groups is 1. The molecule has 1 aliphatic carbocycles. The van der Waals surface area contributed by atoms with Crippen LogP contribution in [0, 0.1) is 5.92 Å². The van der Waals surface area contributed by atoms with Gasteiger partial charge >= 0.3 is 6.03 Å². The van der Waals surface area contributed by atoms with Crippen LogP contribution in [-0.2, 0) is 17.9 Å². The van der Waals surface area contributed by atoms with Gasteiger partial charge in [-0.05, 0) is 44.2 Å². The minimum Gasteiger partial charge on any atom is -0.323 e. The molecule has 3 amide bonds. The number of nitrogens with zero attached hydrogens (tertiary/aromatic N) is 4. The maximum Gasteiger partial charge on any atom is 0.326 e. The second-order valence-electron chi connectivity index (χ2n) is 8.78. The van der Waals surface area contributed by atoms with Gasteiger partial charge in [-0.15, -0.1) is 0 Å². The van der Waals surface area contributed by atoms with Gasteiger partial charge in [0.15, 0.2) is 0 Å². The Labute approximate surface area is 178 Å². The van der Waals surface area contributed by atoms with Crippen molar-refractivity contribution in [3.05, 3.63) is 53.9 Å². The molecule has 4 rings (SSSR count). The van der Waals surface area contributed by atoms with Gasteiger partial charge in [-0.25, -0.2) is 9.69 Å². The SMILES string of the molecule is CCC1CCC2(CC1)NC(=O)N(CN(C)Cc1cnn(Cc3ccccc3)c1)C2=O. The Morgan fingerprint density at radius 1 is 1.17 bits per heavy atom. The summed E-state index contributed by atoms with van der Waals surface area (Å²) in [5, 5.41) is 7.45. The summed E-state index contributed by atoms with van der Waals surface area (Å²) in [5.41, 5.74) is 1.58.